The van der Waals surface area contributed by atoms with E-state index >= 15 is 0 Å². The number of nitrogens with zero attached hydrogens (tertiary/aromatic N) is 2. The molecule has 0 bridgehead atoms. The fraction of sp³-hybridized carbons (Fsp3) is 0.444. The number of aromatic nitrogens is 2. The van der Waals surface area contributed by atoms with Crippen molar-refractivity contribution in [2.75, 3.05) is 0 Å². The summed E-state index contributed by atoms with van der Waals surface area (Å²) in [6, 6.07) is 0. The highest BCUT2D eigenvalue weighted by atomic mass is 79.9. The summed E-state index contributed by atoms with van der Waals surface area (Å²) in [7, 11) is 0. The van der Waals surface area contributed by atoms with Crippen LogP contribution < -0.4 is 21.5 Å². The standard InChI is InChI=1S/C9H15N2.BrH/c1-5-10-6-7-11(8-10)9(2,3)4;/h5-8H,1H2,2-4H3;1H/q+1;/p-1. The number of hydrogen-bond acceptors (Lipinski definition) is 0. The highest BCUT2D eigenvalue weighted by Crippen LogP contribution is 2.02. The quantitative estimate of drug-likeness (QED) is 0.528. The average molecular weight is 231 g/mol. The molecule has 3 heteroatoms. The second-order valence-corrected chi connectivity index (χ2v) is 3.62. The summed E-state index contributed by atoms with van der Waals surface area (Å²) < 4.78 is 4.08. The number of halogens is 1. The molecule has 0 radical (unpaired) electrons. The Hall–Kier alpha value is -0.570. The highest BCUT2D eigenvalue weighted by Gasteiger charge is 2.17. The molecule has 0 spiro atoms. The van der Waals surface area contributed by atoms with Gasteiger partial charge in [-0.05, 0) is 20.8 Å². The normalized spacial score (nSPS) is 10.6. The van der Waals surface area contributed by atoms with Crippen LogP contribution in [0.2, 0.25) is 0 Å². The van der Waals surface area contributed by atoms with Crippen molar-refractivity contribution in [2.24, 2.45) is 0 Å². The monoisotopic (exact) mass is 230 g/mol. The van der Waals surface area contributed by atoms with Gasteiger partial charge in [0.1, 0.15) is 17.9 Å². The Balaban J connectivity index is 0.00000121. The van der Waals surface area contributed by atoms with Crippen molar-refractivity contribution in [1.29, 1.82) is 0 Å². The van der Waals surface area contributed by atoms with Crippen LogP contribution in [-0.2, 0) is 5.54 Å². The first kappa shape index (κ1) is 11.4. The van der Waals surface area contributed by atoms with Crippen LogP contribution in [0.1, 0.15) is 20.8 Å². The SMILES string of the molecule is C=Cn1cc[n+](C(C)(C)C)c1.[Br-]. The van der Waals surface area contributed by atoms with E-state index in [1.54, 1.807) is 6.20 Å². The molecule has 0 fully saturated rings. The molecule has 0 amide bonds. The Labute approximate surface area is 84.3 Å². The summed E-state index contributed by atoms with van der Waals surface area (Å²) in [4.78, 5) is 0. The van der Waals surface area contributed by atoms with Crippen LogP contribution >= 0.6 is 0 Å². The van der Waals surface area contributed by atoms with Crippen LogP contribution in [0.25, 0.3) is 6.20 Å². The van der Waals surface area contributed by atoms with Crippen molar-refractivity contribution in [3.63, 3.8) is 0 Å². The molecule has 0 aliphatic heterocycles. The molecular weight excluding hydrogens is 216 g/mol. The molecule has 0 aromatic carbocycles. The molecule has 0 N–H and O–H groups in total. The first-order valence-corrected chi connectivity index (χ1v) is 3.76. The van der Waals surface area contributed by atoms with Gasteiger partial charge in [0.2, 0.25) is 6.33 Å². The van der Waals surface area contributed by atoms with E-state index in [1.807, 2.05) is 23.3 Å². The summed E-state index contributed by atoms with van der Waals surface area (Å²) >= 11 is 0. The summed E-state index contributed by atoms with van der Waals surface area (Å²) in [5, 5.41) is 0. The third kappa shape index (κ3) is 2.48. The second kappa shape index (κ2) is 3.90. The molecule has 0 atom stereocenters. The predicted octanol–water partition coefficient (Wildman–Crippen LogP) is -1.36. The smallest absolute Gasteiger partial charge is 0.248 e. The van der Waals surface area contributed by atoms with Gasteiger partial charge >= 0.3 is 0 Å². The maximum absolute atomic E-state index is 3.68. The number of rotatable bonds is 1. The fourth-order valence-electron chi connectivity index (χ4n) is 0.874. The summed E-state index contributed by atoms with van der Waals surface area (Å²) in [6.07, 6.45) is 7.83. The van der Waals surface area contributed by atoms with Crippen molar-refractivity contribution in [3.8, 4) is 0 Å². The molecule has 2 nitrogen and oxygen atoms in total. The molecular formula is C9H15BrN2. The zero-order chi connectivity index (χ0) is 8.48. The second-order valence-electron chi connectivity index (χ2n) is 3.62. The fourth-order valence-corrected chi connectivity index (χ4v) is 0.874. The van der Waals surface area contributed by atoms with Crippen LogP contribution in [0.4, 0.5) is 0 Å². The molecule has 0 saturated carbocycles. The maximum Gasteiger partial charge on any atom is 0.248 e. The molecule has 1 rings (SSSR count). The van der Waals surface area contributed by atoms with Gasteiger partial charge in [-0.25, -0.2) is 9.13 Å². The molecule has 1 aromatic rings. The van der Waals surface area contributed by atoms with Crippen molar-refractivity contribution in [2.45, 2.75) is 26.3 Å². The van der Waals surface area contributed by atoms with E-state index in [2.05, 4.69) is 31.9 Å². The first-order chi connectivity index (χ1) is 5.04. The van der Waals surface area contributed by atoms with Crippen molar-refractivity contribution in [3.05, 3.63) is 25.3 Å². The van der Waals surface area contributed by atoms with E-state index in [4.69, 9.17) is 0 Å². The Morgan fingerprint density at radius 1 is 1.42 bits per heavy atom. The van der Waals surface area contributed by atoms with Crippen molar-refractivity contribution >= 4 is 6.20 Å². The predicted molar refractivity (Wildman–Crippen MR) is 46.0 cm³/mol. The topological polar surface area (TPSA) is 8.81 Å². The minimum Gasteiger partial charge on any atom is -1.00 e. The van der Waals surface area contributed by atoms with Gasteiger partial charge in [-0.15, -0.1) is 0 Å². The molecule has 12 heavy (non-hydrogen) atoms. The maximum atomic E-state index is 3.68. The van der Waals surface area contributed by atoms with Crippen LogP contribution in [0.15, 0.2) is 25.3 Å². The van der Waals surface area contributed by atoms with E-state index in [9.17, 15) is 0 Å². The number of hydrogen-bond donors (Lipinski definition) is 0. The van der Waals surface area contributed by atoms with E-state index in [1.165, 1.54) is 0 Å². The van der Waals surface area contributed by atoms with Crippen molar-refractivity contribution < 1.29 is 21.5 Å². The Kier molecular flexibility index (Phi) is 3.71. The average Bonchev–Trinajstić information content (AvgIpc) is 2.32. The van der Waals surface area contributed by atoms with E-state index in [0.717, 1.165) is 0 Å². The lowest BCUT2D eigenvalue weighted by atomic mass is 10.1. The minimum absolute atomic E-state index is 0. The largest absolute Gasteiger partial charge is 1.00 e. The van der Waals surface area contributed by atoms with E-state index in [-0.39, 0.29) is 22.5 Å². The molecule has 68 valence electrons. The third-order valence-corrected chi connectivity index (χ3v) is 1.64. The van der Waals surface area contributed by atoms with Crippen LogP contribution in [0, 0.1) is 0 Å². The summed E-state index contributed by atoms with van der Waals surface area (Å²) in [5.74, 6) is 0. The summed E-state index contributed by atoms with van der Waals surface area (Å²) in [5.41, 5.74) is 0.161. The van der Waals surface area contributed by atoms with Gasteiger partial charge < -0.3 is 17.0 Å². The molecule has 1 aromatic heterocycles. The molecule has 0 saturated heterocycles. The molecule has 1 heterocycles. The van der Waals surface area contributed by atoms with Gasteiger partial charge in [-0.3, -0.25) is 0 Å². The van der Waals surface area contributed by atoms with E-state index < -0.39 is 0 Å². The first-order valence-electron chi connectivity index (χ1n) is 3.76. The third-order valence-electron chi connectivity index (χ3n) is 1.64. The lowest BCUT2D eigenvalue weighted by Crippen LogP contribution is -3.00. The van der Waals surface area contributed by atoms with Crippen molar-refractivity contribution in [1.82, 2.24) is 4.57 Å². The van der Waals surface area contributed by atoms with Gasteiger partial charge in [-0.1, -0.05) is 6.58 Å². The Morgan fingerprint density at radius 3 is 2.25 bits per heavy atom. The highest BCUT2D eigenvalue weighted by molar-refractivity contribution is 5.13. The van der Waals surface area contributed by atoms with Gasteiger partial charge in [0, 0.05) is 0 Å². The van der Waals surface area contributed by atoms with Gasteiger partial charge in [0.05, 0.1) is 6.20 Å². The molecule has 0 aliphatic carbocycles. The number of imidazole rings is 1. The lowest BCUT2D eigenvalue weighted by molar-refractivity contribution is -0.753. The zero-order valence-electron chi connectivity index (χ0n) is 7.79. The van der Waals surface area contributed by atoms with Gasteiger partial charge in [0.15, 0.2) is 0 Å². The van der Waals surface area contributed by atoms with Crippen LogP contribution in [0.3, 0.4) is 0 Å². The zero-order valence-corrected chi connectivity index (χ0v) is 9.37. The van der Waals surface area contributed by atoms with Gasteiger partial charge in [-0.2, -0.15) is 0 Å². The van der Waals surface area contributed by atoms with Crippen LogP contribution in [-0.4, -0.2) is 4.57 Å². The Bertz CT molecular complexity index is 258. The van der Waals surface area contributed by atoms with E-state index in [0.29, 0.717) is 0 Å². The Morgan fingerprint density at radius 2 is 2.00 bits per heavy atom. The minimum atomic E-state index is 0. The van der Waals surface area contributed by atoms with Gasteiger partial charge in [0.25, 0.3) is 0 Å². The molecule has 0 aliphatic rings. The van der Waals surface area contributed by atoms with Crippen LogP contribution in [0.5, 0.6) is 0 Å². The lowest BCUT2D eigenvalue weighted by Gasteiger charge is -2.13. The molecule has 0 unspecified atom stereocenters. The summed E-state index contributed by atoms with van der Waals surface area (Å²) in [6.45, 7) is 10.2.